The summed E-state index contributed by atoms with van der Waals surface area (Å²) in [6.45, 7) is 1.95. The SMILES string of the molecule is COc1ccccc1Nc1nncc(Nc2ccc(C)c(Cl)c2)n1. The van der Waals surface area contributed by atoms with E-state index in [1.807, 2.05) is 49.4 Å². The number of methoxy groups -OCH3 is 1. The molecule has 0 aliphatic heterocycles. The van der Waals surface area contributed by atoms with E-state index in [2.05, 4.69) is 25.8 Å². The molecule has 24 heavy (non-hydrogen) atoms. The molecule has 1 heterocycles. The highest BCUT2D eigenvalue weighted by atomic mass is 35.5. The molecule has 6 nitrogen and oxygen atoms in total. The lowest BCUT2D eigenvalue weighted by atomic mass is 10.2. The molecule has 0 spiro atoms. The van der Waals surface area contributed by atoms with Crippen LogP contribution in [0, 0.1) is 6.92 Å². The largest absolute Gasteiger partial charge is 0.495 e. The smallest absolute Gasteiger partial charge is 0.249 e. The van der Waals surface area contributed by atoms with Gasteiger partial charge >= 0.3 is 0 Å². The van der Waals surface area contributed by atoms with Crippen LogP contribution in [0.3, 0.4) is 0 Å². The third-order valence-electron chi connectivity index (χ3n) is 3.36. The van der Waals surface area contributed by atoms with E-state index in [-0.39, 0.29) is 0 Å². The maximum atomic E-state index is 6.14. The molecule has 3 aromatic rings. The predicted molar refractivity (Wildman–Crippen MR) is 95.6 cm³/mol. The number of rotatable bonds is 5. The number of aromatic nitrogens is 3. The molecular formula is C17H16ClN5O. The van der Waals surface area contributed by atoms with E-state index in [4.69, 9.17) is 16.3 Å². The fourth-order valence-electron chi connectivity index (χ4n) is 2.10. The number of hydrogen-bond donors (Lipinski definition) is 2. The third-order valence-corrected chi connectivity index (χ3v) is 3.76. The highest BCUT2D eigenvalue weighted by molar-refractivity contribution is 6.31. The third kappa shape index (κ3) is 3.72. The molecule has 0 saturated carbocycles. The summed E-state index contributed by atoms with van der Waals surface area (Å²) in [5.41, 5.74) is 2.60. The number of benzene rings is 2. The zero-order valence-corrected chi connectivity index (χ0v) is 14.0. The highest BCUT2D eigenvalue weighted by Crippen LogP contribution is 2.26. The quantitative estimate of drug-likeness (QED) is 0.719. The molecule has 2 N–H and O–H groups in total. The van der Waals surface area contributed by atoms with Gasteiger partial charge in [0.2, 0.25) is 5.95 Å². The fraction of sp³-hybridized carbons (Fsp3) is 0.118. The van der Waals surface area contributed by atoms with E-state index in [0.29, 0.717) is 22.5 Å². The standard InChI is InChI=1S/C17H16ClN5O/c1-11-7-8-12(9-13(11)18)20-16-10-19-23-17(22-16)21-14-5-3-4-6-15(14)24-2/h3-10H,1-2H3,(H2,20,21,22,23). The van der Waals surface area contributed by atoms with Gasteiger partial charge in [0, 0.05) is 10.7 Å². The average Bonchev–Trinajstić information content (AvgIpc) is 2.59. The summed E-state index contributed by atoms with van der Waals surface area (Å²) in [6, 6.07) is 13.2. The summed E-state index contributed by atoms with van der Waals surface area (Å²) in [6.07, 6.45) is 1.54. The summed E-state index contributed by atoms with van der Waals surface area (Å²) in [7, 11) is 1.61. The molecule has 3 rings (SSSR count). The molecule has 0 unspecified atom stereocenters. The number of aryl methyl sites for hydroxylation is 1. The Morgan fingerprint density at radius 3 is 2.71 bits per heavy atom. The van der Waals surface area contributed by atoms with Gasteiger partial charge < -0.3 is 15.4 Å². The van der Waals surface area contributed by atoms with E-state index < -0.39 is 0 Å². The molecule has 0 amide bonds. The molecule has 0 atom stereocenters. The number of ether oxygens (including phenoxy) is 1. The number of halogens is 1. The van der Waals surface area contributed by atoms with Gasteiger partial charge in [-0.3, -0.25) is 0 Å². The van der Waals surface area contributed by atoms with Crippen molar-refractivity contribution in [3.8, 4) is 5.75 Å². The lowest BCUT2D eigenvalue weighted by Gasteiger charge is -2.10. The minimum absolute atomic E-state index is 0.364. The van der Waals surface area contributed by atoms with E-state index in [1.54, 1.807) is 13.3 Å². The van der Waals surface area contributed by atoms with Crippen LogP contribution in [-0.4, -0.2) is 22.3 Å². The maximum Gasteiger partial charge on any atom is 0.249 e. The first-order valence-corrected chi connectivity index (χ1v) is 7.66. The normalized spacial score (nSPS) is 10.3. The number of nitrogens with one attached hydrogen (secondary N) is 2. The lowest BCUT2D eigenvalue weighted by molar-refractivity contribution is 0.417. The molecule has 0 saturated heterocycles. The minimum Gasteiger partial charge on any atom is -0.495 e. The van der Waals surface area contributed by atoms with Crippen molar-refractivity contribution in [1.82, 2.24) is 15.2 Å². The molecule has 2 aromatic carbocycles. The fourth-order valence-corrected chi connectivity index (χ4v) is 2.28. The van der Waals surface area contributed by atoms with Gasteiger partial charge in [-0.15, -0.1) is 5.10 Å². The number of hydrogen-bond acceptors (Lipinski definition) is 6. The minimum atomic E-state index is 0.364. The van der Waals surface area contributed by atoms with Crippen LogP contribution in [0.1, 0.15) is 5.56 Å². The maximum absolute atomic E-state index is 6.14. The Labute approximate surface area is 144 Å². The van der Waals surface area contributed by atoms with Crippen LogP contribution in [0.2, 0.25) is 5.02 Å². The molecule has 7 heteroatoms. The van der Waals surface area contributed by atoms with Crippen molar-refractivity contribution in [3.05, 3.63) is 59.2 Å². The van der Waals surface area contributed by atoms with Crippen molar-refractivity contribution in [3.63, 3.8) is 0 Å². The molecule has 0 aliphatic rings. The van der Waals surface area contributed by atoms with Gasteiger partial charge in [0.05, 0.1) is 19.0 Å². The van der Waals surface area contributed by atoms with E-state index >= 15 is 0 Å². The Balaban J connectivity index is 1.80. The Hall–Kier alpha value is -2.86. The molecular weight excluding hydrogens is 326 g/mol. The topological polar surface area (TPSA) is 72.0 Å². The van der Waals surface area contributed by atoms with Crippen molar-refractivity contribution in [1.29, 1.82) is 0 Å². The van der Waals surface area contributed by atoms with Crippen LogP contribution in [0.4, 0.5) is 23.1 Å². The van der Waals surface area contributed by atoms with Crippen LogP contribution in [0.15, 0.2) is 48.7 Å². The first-order valence-electron chi connectivity index (χ1n) is 7.28. The number of anilines is 4. The van der Waals surface area contributed by atoms with Gasteiger partial charge in [-0.05, 0) is 36.8 Å². The van der Waals surface area contributed by atoms with Gasteiger partial charge in [0.1, 0.15) is 5.75 Å². The van der Waals surface area contributed by atoms with Crippen molar-refractivity contribution in [2.75, 3.05) is 17.7 Å². The molecule has 0 bridgehead atoms. The zero-order chi connectivity index (χ0) is 16.9. The average molecular weight is 342 g/mol. The Morgan fingerprint density at radius 2 is 1.92 bits per heavy atom. The predicted octanol–water partition coefficient (Wildman–Crippen LogP) is 4.33. The van der Waals surface area contributed by atoms with Crippen molar-refractivity contribution >= 4 is 34.7 Å². The molecule has 0 aliphatic carbocycles. The summed E-state index contributed by atoms with van der Waals surface area (Å²) in [5.74, 6) is 1.62. The second-order valence-electron chi connectivity index (χ2n) is 5.08. The van der Waals surface area contributed by atoms with Crippen molar-refractivity contribution in [2.45, 2.75) is 6.92 Å². The molecule has 0 radical (unpaired) electrons. The Morgan fingerprint density at radius 1 is 1.08 bits per heavy atom. The van der Waals surface area contributed by atoms with Crippen molar-refractivity contribution < 1.29 is 4.74 Å². The second kappa shape index (κ2) is 7.14. The number of para-hydroxylation sites is 2. The van der Waals surface area contributed by atoms with Crippen LogP contribution in [-0.2, 0) is 0 Å². The van der Waals surface area contributed by atoms with Crippen LogP contribution in [0.5, 0.6) is 5.75 Å². The molecule has 1 aromatic heterocycles. The van der Waals surface area contributed by atoms with Crippen LogP contribution >= 0.6 is 11.6 Å². The Bertz CT molecular complexity index is 856. The highest BCUT2D eigenvalue weighted by Gasteiger charge is 2.06. The van der Waals surface area contributed by atoms with Crippen LogP contribution in [0.25, 0.3) is 0 Å². The van der Waals surface area contributed by atoms with Gasteiger partial charge in [-0.25, -0.2) is 0 Å². The summed E-state index contributed by atoms with van der Waals surface area (Å²) >= 11 is 6.14. The van der Waals surface area contributed by atoms with Gasteiger partial charge in [-0.1, -0.05) is 29.8 Å². The Kier molecular flexibility index (Phi) is 4.77. The second-order valence-corrected chi connectivity index (χ2v) is 5.49. The van der Waals surface area contributed by atoms with E-state index in [0.717, 1.165) is 16.9 Å². The summed E-state index contributed by atoms with van der Waals surface area (Å²) in [5, 5.41) is 14.9. The monoisotopic (exact) mass is 341 g/mol. The van der Waals surface area contributed by atoms with Gasteiger partial charge in [0.25, 0.3) is 0 Å². The van der Waals surface area contributed by atoms with E-state index in [1.165, 1.54) is 0 Å². The van der Waals surface area contributed by atoms with Crippen molar-refractivity contribution in [2.24, 2.45) is 0 Å². The van der Waals surface area contributed by atoms with Gasteiger partial charge in [0.15, 0.2) is 5.82 Å². The summed E-state index contributed by atoms with van der Waals surface area (Å²) < 4.78 is 5.30. The first-order chi connectivity index (χ1) is 11.7. The zero-order valence-electron chi connectivity index (χ0n) is 13.2. The lowest BCUT2D eigenvalue weighted by Crippen LogP contribution is -2.03. The van der Waals surface area contributed by atoms with Crippen LogP contribution < -0.4 is 15.4 Å². The molecule has 122 valence electrons. The van der Waals surface area contributed by atoms with Gasteiger partial charge in [-0.2, -0.15) is 10.1 Å². The molecule has 0 fully saturated rings. The number of nitrogens with zero attached hydrogens (tertiary/aromatic N) is 3. The first kappa shape index (κ1) is 16.0. The summed E-state index contributed by atoms with van der Waals surface area (Å²) in [4.78, 5) is 4.40. The van der Waals surface area contributed by atoms with E-state index in [9.17, 15) is 0 Å².